The number of nitrogens with one attached hydrogen (secondary N) is 1. The SMILES string of the molecule is COc1cc(C(=O)Nc2ccccc2CN2CCOCC2)cc(OC)c1Br. The summed E-state index contributed by atoms with van der Waals surface area (Å²) in [6.07, 6.45) is 0. The molecule has 1 heterocycles. The second kappa shape index (κ2) is 9.21. The van der Waals surface area contributed by atoms with E-state index in [9.17, 15) is 4.79 Å². The van der Waals surface area contributed by atoms with Crippen molar-refractivity contribution in [1.82, 2.24) is 4.90 Å². The average Bonchev–Trinajstić information content (AvgIpc) is 2.70. The lowest BCUT2D eigenvalue weighted by atomic mass is 10.1. The lowest BCUT2D eigenvalue weighted by Gasteiger charge is -2.27. The number of morpholine rings is 1. The number of amides is 1. The molecule has 1 amide bonds. The first kappa shape index (κ1) is 19.7. The van der Waals surface area contributed by atoms with Gasteiger partial charge < -0.3 is 19.5 Å². The standard InChI is InChI=1S/C20H23BrN2O4/c1-25-17-11-15(12-18(26-2)19(17)21)20(24)22-16-6-4-3-5-14(16)13-23-7-9-27-10-8-23/h3-6,11-12H,7-10,13H2,1-2H3,(H,22,24). The van der Waals surface area contributed by atoms with Gasteiger partial charge in [-0.15, -0.1) is 0 Å². The predicted octanol–water partition coefficient (Wildman–Crippen LogP) is 3.55. The van der Waals surface area contributed by atoms with Gasteiger partial charge in [0.25, 0.3) is 5.91 Å². The number of rotatable bonds is 6. The molecule has 0 radical (unpaired) electrons. The van der Waals surface area contributed by atoms with Gasteiger partial charge in [0.15, 0.2) is 0 Å². The van der Waals surface area contributed by atoms with Crippen molar-refractivity contribution in [2.24, 2.45) is 0 Å². The Morgan fingerprint density at radius 2 is 1.78 bits per heavy atom. The highest BCUT2D eigenvalue weighted by Crippen LogP contribution is 2.35. The van der Waals surface area contributed by atoms with E-state index >= 15 is 0 Å². The Morgan fingerprint density at radius 3 is 2.41 bits per heavy atom. The van der Waals surface area contributed by atoms with Gasteiger partial charge in [0.05, 0.1) is 27.4 Å². The molecule has 1 saturated heterocycles. The fourth-order valence-corrected chi connectivity index (χ4v) is 3.53. The number of halogens is 1. The van der Waals surface area contributed by atoms with Gasteiger partial charge in [-0.05, 0) is 39.7 Å². The van der Waals surface area contributed by atoms with Crippen LogP contribution in [0.15, 0.2) is 40.9 Å². The largest absolute Gasteiger partial charge is 0.495 e. The number of hydrogen-bond donors (Lipinski definition) is 1. The van der Waals surface area contributed by atoms with E-state index < -0.39 is 0 Å². The Hall–Kier alpha value is -2.09. The summed E-state index contributed by atoms with van der Waals surface area (Å²) in [6.45, 7) is 4.04. The van der Waals surface area contributed by atoms with E-state index in [-0.39, 0.29) is 5.91 Å². The van der Waals surface area contributed by atoms with E-state index in [4.69, 9.17) is 14.2 Å². The lowest BCUT2D eigenvalue weighted by molar-refractivity contribution is 0.0342. The fourth-order valence-electron chi connectivity index (χ4n) is 2.98. The molecule has 0 bridgehead atoms. The molecule has 1 N–H and O–H groups in total. The van der Waals surface area contributed by atoms with Crippen molar-refractivity contribution in [3.05, 3.63) is 52.0 Å². The second-order valence-electron chi connectivity index (χ2n) is 6.19. The topological polar surface area (TPSA) is 60.0 Å². The van der Waals surface area contributed by atoms with E-state index in [1.54, 1.807) is 26.4 Å². The van der Waals surface area contributed by atoms with Gasteiger partial charge in [-0.3, -0.25) is 9.69 Å². The minimum absolute atomic E-state index is 0.214. The molecule has 144 valence electrons. The van der Waals surface area contributed by atoms with Gasteiger partial charge in [0.1, 0.15) is 16.0 Å². The van der Waals surface area contributed by atoms with Crippen LogP contribution in [-0.4, -0.2) is 51.3 Å². The smallest absolute Gasteiger partial charge is 0.255 e. The number of para-hydroxylation sites is 1. The predicted molar refractivity (Wildman–Crippen MR) is 108 cm³/mol. The molecule has 0 aromatic heterocycles. The summed E-state index contributed by atoms with van der Waals surface area (Å²) in [7, 11) is 3.11. The Kier molecular flexibility index (Phi) is 6.71. The number of benzene rings is 2. The molecular formula is C20H23BrN2O4. The summed E-state index contributed by atoms with van der Waals surface area (Å²) < 4.78 is 16.7. The molecule has 0 atom stereocenters. The number of carbonyl (C=O) groups excluding carboxylic acids is 1. The molecule has 0 spiro atoms. The minimum Gasteiger partial charge on any atom is -0.495 e. The highest BCUT2D eigenvalue weighted by molar-refractivity contribution is 9.10. The third kappa shape index (κ3) is 4.80. The monoisotopic (exact) mass is 434 g/mol. The number of ether oxygens (including phenoxy) is 3. The van der Waals surface area contributed by atoms with Crippen LogP contribution in [0.25, 0.3) is 0 Å². The molecule has 7 heteroatoms. The average molecular weight is 435 g/mol. The van der Waals surface area contributed by atoms with Crippen LogP contribution < -0.4 is 14.8 Å². The van der Waals surface area contributed by atoms with Crippen molar-refractivity contribution < 1.29 is 19.0 Å². The quantitative estimate of drug-likeness (QED) is 0.752. The zero-order valence-corrected chi connectivity index (χ0v) is 17.0. The first-order chi connectivity index (χ1) is 13.1. The van der Waals surface area contributed by atoms with Crippen LogP contribution in [0, 0.1) is 0 Å². The van der Waals surface area contributed by atoms with E-state index in [0.29, 0.717) is 21.5 Å². The molecule has 0 unspecified atom stereocenters. The summed E-state index contributed by atoms with van der Waals surface area (Å²) >= 11 is 3.42. The molecule has 1 aliphatic heterocycles. The number of carbonyl (C=O) groups is 1. The molecule has 2 aromatic carbocycles. The van der Waals surface area contributed by atoms with Crippen molar-refractivity contribution >= 4 is 27.5 Å². The molecule has 0 aliphatic carbocycles. The maximum Gasteiger partial charge on any atom is 0.255 e. The van der Waals surface area contributed by atoms with Crippen molar-refractivity contribution in [2.75, 3.05) is 45.8 Å². The third-order valence-electron chi connectivity index (χ3n) is 4.47. The van der Waals surface area contributed by atoms with Crippen LogP contribution in [-0.2, 0) is 11.3 Å². The molecule has 1 fully saturated rings. The Bertz CT molecular complexity index is 781. The lowest BCUT2D eigenvalue weighted by Crippen LogP contribution is -2.35. The number of anilines is 1. The van der Waals surface area contributed by atoms with Gasteiger partial charge in [-0.2, -0.15) is 0 Å². The van der Waals surface area contributed by atoms with Crippen molar-refractivity contribution in [3.8, 4) is 11.5 Å². The normalized spacial score (nSPS) is 14.6. The summed E-state index contributed by atoms with van der Waals surface area (Å²) in [5, 5.41) is 3.02. The molecule has 0 saturated carbocycles. The van der Waals surface area contributed by atoms with E-state index in [1.165, 1.54) is 0 Å². The van der Waals surface area contributed by atoms with Gasteiger partial charge >= 0.3 is 0 Å². The number of nitrogens with zero attached hydrogens (tertiary/aromatic N) is 1. The zero-order chi connectivity index (χ0) is 19.2. The van der Waals surface area contributed by atoms with Gasteiger partial charge in [0, 0.05) is 30.9 Å². The van der Waals surface area contributed by atoms with Crippen LogP contribution >= 0.6 is 15.9 Å². The van der Waals surface area contributed by atoms with E-state index in [0.717, 1.165) is 44.1 Å². The van der Waals surface area contributed by atoms with Crippen molar-refractivity contribution in [2.45, 2.75) is 6.54 Å². The van der Waals surface area contributed by atoms with Gasteiger partial charge in [-0.25, -0.2) is 0 Å². The van der Waals surface area contributed by atoms with E-state index in [1.807, 2.05) is 24.3 Å². The Labute approximate surface area is 167 Å². The fraction of sp³-hybridized carbons (Fsp3) is 0.350. The Morgan fingerprint density at radius 1 is 1.15 bits per heavy atom. The summed E-state index contributed by atoms with van der Waals surface area (Å²) in [4.78, 5) is 15.2. The Balaban J connectivity index is 1.80. The molecule has 6 nitrogen and oxygen atoms in total. The van der Waals surface area contributed by atoms with Crippen LogP contribution in [0.3, 0.4) is 0 Å². The van der Waals surface area contributed by atoms with Crippen molar-refractivity contribution in [3.63, 3.8) is 0 Å². The van der Waals surface area contributed by atoms with Gasteiger partial charge in [-0.1, -0.05) is 18.2 Å². The maximum absolute atomic E-state index is 12.8. The van der Waals surface area contributed by atoms with Crippen molar-refractivity contribution in [1.29, 1.82) is 0 Å². The first-order valence-corrected chi connectivity index (χ1v) is 9.52. The van der Waals surface area contributed by atoms with Crippen LogP contribution in [0.2, 0.25) is 0 Å². The number of hydrogen-bond acceptors (Lipinski definition) is 5. The molecule has 27 heavy (non-hydrogen) atoms. The molecule has 1 aliphatic rings. The van der Waals surface area contributed by atoms with Crippen LogP contribution in [0.4, 0.5) is 5.69 Å². The molecular weight excluding hydrogens is 412 g/mol. The summed E-state index contributed by atoms with van der Waals surface area (Å²) in [6, 6.07) is 11.2. The maximum atomic E-state index is 12.8. The highest BCUT2D eigenvalue weighted by atomic mass is 79.9. The van der Waals surface area contributed by atoms with Gasteiger partial charge in [0.2, 0.25) is 0 Å². The van der Waals surface area contributed by atoms with Crippen LogP contribution in [0.5, 0.6) is 11.5 Å². The number of methoxy groups -OCH3 is 2. The van der Waals surface area contributed by atoms with Crippen LogP contribution in [0.1, 0.15) is 15.9 Å². The molecule has 3 rings (SSSR count). The minimum atomic E-state index is -0.214. The first-order valence-electron chi connectivity index (χ1n) is 8.73. The summed E-state index contributed by atoms with van der Waals surface area (Å²) in [5.41, 5.74) is 2.34. The third-order valence-corrected chi connectivity index (χ3v) is 5.25. The molecule has 2 aromatic rings. The second-order valence-corrected chi connectivity index (χ2v) is 6.99. The van der Waals surface area contributed by atoms with E-state index in [2.05, 4.69) is 26.1 Å². The zero-order valence-electron chi connectivity index (χ0n) is 15.5. The highest BCUT2D eigenvalue weighted by Gasteiger charge is 2.17. The summed E-state index contributed by atoms with van der Waals surface area (Å²) in [5.74, 6) is 0.871.